The number of rotatable bonds is 4. The number of anilines is 1. The fraction of sp³-hybridized carbons (Fsp3) is 0.562. The van der Waals surface area contributed by atoms with E-state index >= 15 is 0 Å². The van der Waals surface area contributed by atoms with Crippen molar-refractivity contribution in [1.29, 1.82) is 0 Å². The summed E-state index contributed by atoms with van der Waals surface area (Å²) in [4.78, 5) is 13.8. The first-order valence-electron chi connectivity index (χ1n) is 7.64. The standard InChI is InChI=1S/C16H22N2O3/c1-2-18-7-8-20-14(10-18)11-21-13-5-3-12-4-6-16(19)17-15(12)9-13/h3,5,9,14H,2,4,6-8,10-11H2,1H3,(H,17,19). The maximum atomic E-state index is 11.4. The Bertz CT molecular complexity index is 518. The molecule has 1 aromatic rings. The van der Waals surface area contributed by atoms with E-state index in [1.807, 2.05) is 18.2 Å². The summed E-state index contributed by atoms with van der Waals surface area (Å²) in [7, 11) is 0. The molecule has 1 atom stereocenters. The number of hydrogen-bond acceptors (Lipinski definition) is 4. The van der Waals surface area contributed by atoms with Gasteiger partial charge in [0.2, 0.25) is 5.91 Å². The van der Waals surface area contributed by atoms with Crippen molar-refractivity contribution in [3.8, 4) is 5.75 Å². The predicted molar refractivity (Wildman–Crippen MR) is 80.7 cm³/mol. The minimum absolute atomic E-state index is 0.0776. The number of morpholine rings is 1. The molecule has 5 nitrogen and oxygen atoms in total. The summed E-state index contributed by atoms with van der Waals surface area (Å²) in [5.74, 6) is 0.863. The van der Waals surface area contributed by atoms with Gasteiger partial charge in [0.15, 0.2) is 0 Å². The summed E-state index contributed by atoms with van der Waals surface area (Å²) in [5.41, 5.74) is 2.05. The zero-order chi connectivity index (χ0) is 14.7. The van der Waals surface area contributed by atoms with Gasteiger partial charge in [-0.05, 0) is 24.6 Å². The Balaban J connectivity index is 1.58. The Labute approximate surface area is 125 Å². The van der Waals surface area contributed by atoms with E-state index in [0.29, 0.717) is 13.0 Å². The summed E-state index contributed by atoms with van der Waals surface area (Å²) in [6.45, 7) is 6.43. The van der Waals surface area contributed by atoms with E-state index in [4.69, 9.17) is 9.47 Å². The van der Waals surface area contributed by atoms with E-state index in [-0.39, 0.29) is 12.0 Å². The second kappa shape index (κ2) is 6.45. The van der Waals surface area contributed by atoms with Crippen molar-refractivity contribution in [3.05, 3.63) is 23.8 Å². The lowest BCUT2D eigenvalue weighted by Crippen LogP contribution is -2.44. The summed E-state index contributed by atoms with van der Waals surface area (Å²) in [6.07, 6.45) is 1.48. The van der Waals surface area contributed by atoms with Crippen molar-refractivity contribution in [3.63, 3.8) is 0 Å². The highest BCUT2D eigenvalue weighted by Crippen LogP contribution is 2.27. The van der Waals surface area contributed by atoms with Gasteiger partial charge >= 0.3 is 0 Å². The van der Waals surface area contributed by atoms with Gasteiger partial charge in [0.05, 0.1) is 6.61 Å². The largest absolute Gasteiger partial charge is 0.491 e. The molecule has 1 unspecified atom stereocenters. The van der Waals surface area contributed by atoms with E-state index in [0.717, 1.165) is 44.1 Å². The quantitative estimate of drug-likeness (QED) is 0.916. The van der Waals surface area contributed by atoms with Crippen LogP contribution in [0.5, 0.6) is 5.75 Å². The molecule has 2 aliphatic heterocycles. The Morgan fingerprint density at radius 1 is 1.43 bits per heavy atom. The van der Waals surface area contributed by atoms with Gasteiger partial charge in [-0.25, -0.2) is 0 Å². The highest BCUT2D eigenvalue weighted by atomic mass is 16.5. The highest BCUT2D eigenvalue weighted by Gasteiger charge is 2.20. The first-order valence-corrected chi connectivity index (χ1v) is 7.64. The second-order valence-corrected chi connectivity index (χ2v) is 5.56. The smallest absolute Gasteiger partial charge is 0.224 e. The van der Waals surface area contributed by atoms with E-state index in [2.05, 4.69) is 17.1 Å². The van der Waals surface area contributed by atoms with Crippen LogP contribution in [0.25, 0.3) is 0 Å². The van der Waals surface area contributed by atoms with Crippen LogP contribution in [0.15, 0.2) is 18.2 Å². The molecule has 0 aromatic heterocycles. The van der Waals surface area contributed by atoms with Crippen LogP contribution < -0.4 is 10.1 Å². The van der Waals surface area contributed by atoms with Gasteiger partial charge in [0.1, 0.15) is 18.5 Å². The number of hydrogen-bond donors (Lipinski definition) is 1. The molecule has 1 amide bonds. The maximum absolute atomic E-state index is 11.4. The molecule has 1 fully saturated rings. The van der Waals surface area contributed by atoms with Gasteiger partial charge in [-0.3, -0.25) is 9.69 Å². The monoisotopic (exact) mass is 290 g/mol. The number of ether oxygens (including phenoxy) is 2. The molecule has 1 saturated heterocycles. The maximum Gasteiger partial charge on any atom is 0.224 e. The van der Waals surface area contributed by atoms with Crippen molar-refractivity contribution in [2.75, 3.05) is 38.2 Å². The highest BCUT2D eigenvalue weighted by molar-refractivity contribution is 5.94. The zero-order valence-electron chi connectivity index (χ0n) is 12.4. The Morgan fingerprint density at radius 2 is 2.33 bits per heavy atom. The topological polar surface area (TPSA) is 50.8 Å². The van der Waals surface area contributed by atoms with Crippen LogP contribution >= 0.6 is 0 Å². The molecule has 5 heteroatoms. The van der Waals surface area contributed by atoms with E-state index < -0.39 is 0 Å². The van der Waals surface area contributed by atoms with Crippen molar-refractivity contribution < 1.29 is 14.3 Å². The van der Waals surface area contributed by atoms with Gasteiger partial charge in [0, 0.05) is 31.3 Å². The molecule has 0 saturated carbocycles. The van der Waals surface area contributed by atoms with Crippen LogP contribution in [0.3, 0.4) is 0 Å². The second-order valence-electron chi connectivity index (χ2n) is 5.56. The van der Waals surface area contributed by atoms with Crippen molar-refractivity contribution in [2.45, 2.75) is 25.9 Å². The summed E-state index contributed by atoms with van der Waals surface area (Å²) >= 11 is 0. The van der Waals surface area contributed by atoms with Crippen LogP contribution in [0, 0.1) is 0 Å². The molecule has 21 heavy (non-hydrogen) atoms. The first kappa shape index (κ1) is 14.4. The van der Waals surface area contributed by atoms with Gasteiger partial charge in [-0.15, -0.1) is 0 Å². The van der Waals surface area contributed by atoms with E-state index in [1.165, 1.54) is 5.56 Å². The molecule has 1 N–H and O–H groups in total. The third-order valence-corrected chi connectivity index (χ3v) is 4.08. The summed E-state index contributed by atoms with van der Waals surface area (Å²) in [5, 5.41) is 2.90. The van der Waals surface area contributed by atoms with Crippen LogP contribution in [-0.4, -0.2) is 49.8 Å². The fourth-order valence-electron chi connectivity index (χ4n) is 2.80. The minimum Gasteiger partial charge on any atom is -0.491 e. The van der Waals surface area contributed by atoms with Crippen LogP contribution in [0.2, 0.25) is 0 Å². The number of nitrogens with one attached hydrogen (secondary N) is 1. The molecule has 0 aliphatic carbocycles. The van der Waals surface area contributed by atoms with Gasteiger partial charge < -0.3 is 14.8 Å². The molecule has 3 rings (SSSR count). The van der Waals surface area contributed by atoms with Crippen molar-refractivity contribution in [2.24, 2.45) is 0 Å². The number of carbonyl (C=O) groups is 1. The lowest BCUT2D eigenvalue weighted by atomic mass is 10.0. The van der Waals surface area contributed by atoms with Crippen molar-refractivity contribution in [1.82, 2.24) is 4.90 Å². The van der Waals surface area contributed by atoms with Gasteiger partial charge in [0.25, 0.3) is 0 Å². The molecule has 1 aromatic carbocycles. The third kappa shape index (κ3) is 3.54. The molecule has 0 spiro atoms. The van der Waals surface area contributed by atoms with Crippen LogP contribution in [0.1, 0.15) is 18.9 Å². The molecule has 2 aliphatic rings. The molecule has 0 bridgehead atoms. The van der Waals surface area contributed by atoms with Gasteiger partial charge in [-0.2, -0.15) is 0 Å². The fourth-order valence-corrected chi connectivity index (χ4v) is 2.80. The number of nitrogens with zero attached hydrogens (tertiary/aromatic N) is 1. The first-order chi connectivity index (χ1) is 10.2. The lowest BCUT2D eigenvalue weighted by molar-refractivity contribution is -0.116. The molecule has 0 radical (unpaired) electrons. The number of carbonyl (C=O) groups excluding carboxylic acids is 1. The minimum atomic E-state index is 0.0776. The van der Waals surface area contributed by atoms with Gasteiger partial charge in [-0.1, -0.05) is 13.0 Å². The number of likely N-dealkylation sites (N-methyl/N-ethyl adjacent to an activating group) is 1. The normalized spacial score (nSPS) is 22.5. The number of amides is 1. The average Bonchev–Trinajstić information content (AvgIpc) is 2.52. The molecular formula is C16H22N2O3. The predicted octanol–water partition coefficient (Wildman–Crippen LogP) is 1.67. The number of aryl methyl sites for hydroxylation is 1. The average molecular weight is 290 g/mol. The van der Waals surface area contributed by atoms with Crippen LogP contribution in [0.4, 0.5) is 5.69 Å². The Hall–Kier alpha value is -1.59. The summed E-state index contributed by atoms with van der Waals surface area (Å²) in [6, 6.07) is 5.91. The zero-order valence-corrected chi connectivity index (χ0v) is 12.4. The molecular weight excluding hydrogens is 268 g/mol. The lowest BCUT2D eigenvalue weighted by Gasteiger charge is -2.31. The third-order valence-electron chi connectivity index (χ3n) is 4.08. The number of benzene rings is 1. The number of fused-ring (bicyclic) bond motifs is 1. The molecule has 2 heterocycles. The summed E-state index contributed by atoms with van der Waals surface area (Å²) < 4.78 is 11.6. The van der Waals surface area contributed by atoms with Crippen molar-refractivity contribution >= 4 is 11.6 Å². The van der Waals surface area contributed by atoms with E-state index in [9.17, 15) is 4.79 Å². The Morgan fingerprint density at radius 3 is 3.19 bits per heavy atom. The van der Waals surface area contributed by atoms with E-state index in [1.54, 1.807) is 0 Å². The van der Waals surface area contributed by atoms with Crippen LogP contribution in [-0.2, 0) is 16.0 Å². The Kier molecular flexibility index (Phi) is 4.41. The SMILES string of the molecule is CCN1CCOC(COc2ccc3c(c2)NC(=O)CC3)C1. The molecule has 114 valence electrons.